The summed E-state index contributed by atoms with van der Waals surface area (Å²) in [7, 11) is 0. The van der Waals surface area contributed by atoms with Crippen LogP contribution in [0.1, 0.15) is 36.6 Å². The van der Waals surface area contributed by atoms with Gasteiger partial charge in [-0.05, 0) is 30.0 Å². The molecule has 2 N–H and O–H groups in total. The van der Waals surface area contributed by atoms with Crippen molar-refractivity contribution in [1.29, 1.82) is 0 Å². The number of hydrogen-bond acceptors (Lipinski definition) is 3. The van der Waals surface area contributed by atoms with Crippen LogP contribution in [0.15, 0.2) is 54.6 Å². The van der Waals surface area contributed by atoms with Crippen molar-refractivity contribution in [3.05, 3.63) is 71.3 Å². The largest absolute Gasteiger partial charge is 0.395 e. The van der Waals surface area contributed by atoms with Gasteiger partial charge in [0, 0.05) is 13.1 Å². The van der Waals surface area contributed by atoms with Crippen molar-refractivity contribution in [3.63, 3.8) is 0 Å². The fraction of sp³-hybridized carbons (Fsp3) is 0.333. The van der Waals surface area contributed by atoms with E-state index in [2.05, 4.69) is 12.2 Å². The minimum absolute atomic E-state index is 0.112. The second-order valence-electron chi connectivity index (χ2n) is 6.23. The molecule has 2 aromatic carbocycles. The van der Waals surface area contributed by atoms with Crippen LogP contribution in [-0.2, 0) is 22.6 Å². The van der Waals surface area contributed by atoms with Crippen molar-refractivity contribution in [2.75, 3.05) is 13.2 Å². The van der Waals surface area contributed by atoms with Crippen LogP contribution in [-0.4, -0.2) is 35.0 Å². The van der Waals surface area contributed by atoms with Gasteiger partial charge in [-0.2, -0.15) is 0 Å². The molecule has 0 bridgehead atoms. The van der Waals surface area contributed by atoms with Gasteiger partial charge in [0.25, 0.3) is 0 Å². The van der Waals surface area contributed by atoms with Gasteiger partial charge in [-0.3, -0.25) is 9.59 Å². The highest BCUT2D eigenvalue weighted by atomic mass is 16.3. The Balaban J connectivity index is 2.01. The van der Waals surface area contributed by atoms with Crippen LogP contribution in [0.2, 0.25) is 0 Å². The van der Waals surface area contributed by atoms with Crippen LogP contribution in [0, 0.1) is 0 Å². The van der Waals surface area contributed by atoms with Crippen molar-refractivity contribution in [3.8, 4) is 0 Å². The average Bonchev–Trinajstić information content (AvgIpc) is 2.67. The van der Waals surface area contributed by atoms with E-state index in [1.54, 1.807) is 0 Å². The number of amides is 2. The predicted molar refractivity (Wildman–Crippen MR) is 101 cm³/mol. The fourth-order valence-corrected chi connectivity index (χ4v) is 2.70. The number of aliphatic hydroxyl groups excluding tert-OH is 1. The molecule has 5 nitrogen and oxygen atoms in total. The quantitative estimate of drug-likeness (QED) is 0.751. The lowest BCUT2D eigenvalue weighted by Crippen LogP contribution is -2.44. The van der Waals surface area contributed by atoms with Crippen LogP contribution in [0.4, 0.5) is 0 Å². The maximum Gasteiger partial charge on any atom is 0.312 e. The first kappa shape index (κ1) is 19.7. The Hall–Kier alpha value is -2.66. The molecule has 2 amide bonds. The third-order valence-electron chi connectivity index (χ3n) is 4.30. The maximum atomic E-state index is 12.5. The van der Waals surface area contributed by atoms with Gasteiger partial charge < -0.3 is 15.3 Å². The monoisotopic (exact) mass is 354 g/mol. The van der Waals surface area contributed by atoms with Crippen LogP contribution in [0.3, 0.4) is 0 Å². The topological polar surface area (TPSA) is 69.6 Å². The summed E-state index contributed by atoms with van der Waals surface area (Å²) in [6, 6.07) is 17.1. The first-order valence-corrected chi connectivity index (χ1v) is 8.88. The molecule has 5 heteroatoms. The number of hydrogen-bond donors (Lipinski definition) is 2. The van der Waals surface area contributed by atoms with E-state index < -0.39 is 11.8 Å². The summed E-state index contributed by atoms with van der Waals surface area (Å²) in [6.45, 7) is 4.13. The Kier molecular flexibility index (Phi) is 7.36. The lowest BCUT2D eigenvalue weighted by Gasteiger charge is -2.22. The van der Waals surface area contributed by atoms with E-state index in [-0.39, 0.29) is 25.7 Å². The van der Waals surface area contributed by atoms with E-state index in [1.807, 2.05) is 61.5 Å². The Morgan fingerprint density at radius 3 is 2.27 bits per heavy atom. The standard InChI is InChI=1S/C21H26N2O3/c1-3-17-9-11-19(12-10-17)16(2)22-20(25)21(26)23(13-14-24)15-18-7-5-4-6-8-18/h4-12,16,24H,3,13-15H2,1-2H3,(H,22,25). The zero-order chi connectivity index (χ0) is 18.9. The molecular formula is C21H26N2O3. The zero-order valence-corrected chi connectivity index (χ0v) is 15.3. The molecule has 2 rings (SSSR count). The Bertz CT molecular complexity index is 714. The molecule has 0 saturated heterocycles. The van der Waals surface area contributed by atoms with E-state index >= 15 is 0 Å². The van der Waals surface area contributed by atoms with Crippen molar-refractivity contribution >= 4 is 11.8 Å². The number of aliphatic hydroxyl groups is 1. The van der Waals surface area contributed by atoms with Crippen LogP contribution < -0.4 is 5.32 Å². The second kappa shape index (κ2) is 9.73. The number of carbonyl (C=O) groups excluding carboxylic acids is 2. The van der Waals surface area contributed by atoms with Crippen molar-refractivity contribution < 1.29 is 14.7 Å². The third-order valence-corrected chi connectivity index (χ3v) is 4.30. The van der Waals surface area contributed by atoms with Gasteiger partial charge in [-0.15, -0.1) is 0 Å². The first-order chi connectivity index (χ1) is 12.5. The second-order valence-corrected chi connectivity index (χ2v) is 6.23. The van der Waals surface area contributed by atoms with Crippen molar-refractivity contribution in [2.45, 2.75) is 32.9 Å². The van der Waals surface area contributed by atoms with Crippen LogP contribution in [0.5, 0.6) is 0 Å². The minimum atomic E-state index is -0.665. The molecule has 0 aliphatic heterocycles. The molecule has 0 saturated carbocycles. The van der Waals surface area contributed by atoms with Crippen LogP contribution in [0.25, 0.3) is 0 Å². The Morgan fingerprint density at radius 2 is 1.69 bits per heavy atom. The van der Waals surface area contributed by atoms with Gasteiger partial charge in [0.15, 0.2) is 0 Å². The normalized spacial score (nSPS) is 11.7. The van der Waals surface area contributed by atoms with Gasteiger partial charge in [0.1, 0.15) is 0 Å². The molecular weight excluding hydrogens is 328 g/mol. The molecule has 0 radical (unpaired) electrons. The number of nitrogens with zero attached hydrogens (tertiary/aromatic N) is 1. The Labute approximate surface area is 154 Å². The number of benzene rings is 2. The number of carbonyl (C=O) groups is 2. The van der Waals surface area contributed by atoms with Crippen LogP contribution >= 0.6 is 0 Å². The highest BCUT2D eigenvalue weighted by Crippen LogP contribution is 2.14. The summed E-state index contributed by atoms with van der Waals surface area (Å²) >= 11 is 0. The molecule has 26 heavy (non-hydrogen) atoms. The summed E-state index contributed by atoms with van der Waals surface area (Å²) in [6.07, 6.45) is 0.953. The minimum Gasteiger partial charge on any atom is -0.395 e. The molecule has 1 atom stereocenters. The highest BCUT2D eigenvalue weighted by molar-refractivity contribution is 6.35. The van der Waals surface area contributed by atoms with Crippen molar-refractivity contribution in [2.24, 2.45) is 0 Å². The van der Waals surface area contributed by atoms with Gasteiger partial charge >= 0.3 is 11.8 Å². The van der Waals surface area contributed by atoms with Gasteiger partial charge in [0.05, 0.1) is 12.6 Å². The predicted octanol–water partition coefficient (Wildman–Crippen LogP) is 2.45. The lowest BCUT2D eigenvalue weighted by molar-refractivity contribution is -0.146. The molecule has 0 aliphatic rings. The molecule has 0 aromatic heterocycles. The molecule has 0 heterocycles. The van der Waals surface area contributed by atoms with E-state index in [0.717, 1.165) is 17.5 Å². The lowest BCUT2D eigenvalue weighted by atomic mass is 10.0. The molecule has 138 valence electrons. The van der Waals surface area contributed by atoms with E-state index in [0.29, 0.717) is 0 Å². The summed E-state index contributed by atoms with van der Waals surface area (Å²) in [5.41, 5.74) is 3.07. The SMILES string of the molecule is CCc1ccc(C(C)NC(=O)C(=O)N(CCO)Cc2ccccc2)cc1. The summed E-state index contributed by atoms with van der Waals surface area (Å²) in [5.74, 6) is -1.30. The maximum absolute atomic E-state index is 12.5. The van der Waals surface area contributed by atoms with Gasteiger partial charge in [-0.25, -0.2) is 0 Å². The molecule has 0 fully saturated rings. The van der Waals surface area contributed by atoms with E-state index in [9.17, 15) is 14.7 Å². The molecule has 0 aliphatic carbocycles. The number of rotatable bonds is 7. The highest BCUT2D eigenvalue weighted by Gasteiger charge is 2.23. The fourth-order valence-electron chi connectivity index (χ4n) is 2.70. The number of aryl methyl sites for hydroxylation is 1. The molecule has 2 aromatic rings. The summed E-state index contributed by atoms with van der Waals surface area (Å²) < 4.78 is 0. The van der Waals surface area contributed by atoms with Crippen molar-refractivity contribution in [1.82, 2.24) is 10.2 Å². The average molecular weight is 354 g/mol. The number of nitrogens with one attached hydrogen (secondary N) is 1. The Morgan fingerprint density at radius 1 is 1.04 bits per heavy atom. The molecule has 1 unspecified atom stereocenters. The van der Waals surface area contributed by atoms with Gasteiger partial charge in [-0.1, -0.05) is 61.5 Å². The van der Waals surface area contributed by atoms with Gasteiger partial charge in [0.2, 0.25) is 0 Å². The first-order valence-electron chi connectivity index (χ1n) is 8.88. The zero-order valence-electron chi connectivity index (χ0n) is 15.3. The summed E-state index contributed by atoms with van der Waals surface area (Å²) in [5, 5.41) is 12.0. The smallest absolute Gasteiger partial charge is 0.312 e. The third kappa shape index (κ3) is 5.43. The van der Waals surface area contributed by atoms with E-state index in [1.165, 1.54) is 10.5 Å². The summed E-state index contributed by atoms with van der Waals surface area (Å²) in [4.78, 5) is 26.2. The molecule has 0 spiro atoms. The van der Waals surface area contributed by atoms with E-state index in [4.69, 9.17) is 0 Å².